The first-order valence-electron chi connectivity index (χ1n) is 6.43. The summed E-state index contributed by atoms with van der Waals surface area (Å²) in [7, 11) is 0. The van der Waals surface area contributed by atoms with Gasteiger partial charge in [-0.1, -0.05) is 16.8 Å². The molecule has 1 aromatic carbocycles. The normalized spacial score (nSPS) is 13.5. The molecule has 0 saturated carbocycles. The molecule has 1 aliphatic rings. The van der Waals surface area contributed by atoms with Crippen molar-refractivity contribution in [2.75, 3.05) is 19.8 Å². The number of benzene rings is 1. The Kier molecular flexibility index (Phi) is 3.75. The van der Waals surface area contributed by atoms with Gasteiger partial charge in [-0.3, -0.25) is 0 Å². The highest BCUT2D eigenvalue weighted by atomic mass is 35.5. The molecule has 6 nitrogen and oxygen atoms in total. The van der Waals surface area contributed by atoms with Gasteiger partial charge in [0.25, 0.3) is 0 Å². The van der Waals surface area contributed by atoms with E-state index in [-0.39, 0.29) is 0 Å². The molecule has 0 aliphatic carbocycles. The Labute approximate surface area is 121 Å². The van der Waals surface area contributed by atoms with Gasteiger partial charge in [-0.15, -0.1) is 5.10 Å². The number of fused-ring (bicyclic) bond motifs is 1. The quantitative estimate of drug-likeness (QED) is 0.918. The fourth-order valence-corrected chi connectivity index (χ4v) is 2.41. The number of hydrogen-bond acceptors (Lipinski definition) is 5. The van der Waals surface area contributed by atoms with Crippen molar-refractivity contribution in [3.05, 3.63) is 34.6 Å². The highest BCUT2D eigenvalue weighted by Gasteiger charge is 2.16. The number of hydrogen-bond donors (Lipinski definition) is 1. The third-order valence-corrected chi connectivity index (χ3v) is 3.27. The van der Waals surface area contributed by atoms with E-state index in [0.717, 1.165) is 17.7 Å². The molecule has 0 unspecified atom stereocenters. The Morgan fingerprint density at radius 2 is 2.15 bits per heavy atom. The van der Waals surface area contributed by atoms with Crippen molar-refractivity contribution >= 4 is 11.6 Å². The molecule has 7 heteroatoms. The number of halogens is 1. The van der Waals surface area contributed by atoms with E-state index in [4.69, 9.17) is 26.8 Å². The van der Waals surface area contributed by atoms with Crippen LogP contribution < -0.4 is 15.2 Å². The number of nitrogens with zero attached hydrogens (tertiary/aromatic N) is 3. The van der Waals surface area contributed by atoms with Crippen LogP contribution in [0.3, 0.4) is 0 Å². The molecule has 0 bridgehead atoms. The molecule has 0 atom stereocenters. The monoisotopic (exact) mass is 294 g/mol. The van der Waals surface area contributed by atoms with E-state index in [1.165, 1.54) is 0 Å². The smallest absolute Gasteiger partial charge is 0.179 e. The molecule has 0 spiro atoms. The molecule has 0 saturated heterocycles. The first kappa shape index (κ1) is 13.2. The maximum absolute atomic E-state index is 6.20. The van der Waals surface area contributed by atoms with Crippen LogP contribution in [-0.4, -0.2) is 34.8 Å². The SMILES string of the molecule is NCCc1cn(Cc2cc(Cl)c3c(c2)OCCO3)nn1. The van der Waals surface area contributed by atoms with E-state index in [1.807, 2.05) is 18.3 Å². The van der Waals surface area contributed by atoms with Crippen LogP contribution >= 0.6 is 11.6 Å². The van der Waals surface area contributed by atoms with Gasteiger partial charge < -0.3 is 15.2 Å². The van der Waals surface area contributed by atoms with Gasteiger partial charge in [0.1, 0.15) is 13.2 Å². The van der Waals surface area contributed by atoms with E-state index in [9.17, 15) is 0 Å². The van der Waals surface area contributed by atoms with E-state index in [0.29, 0.717) is 42.8 Å². The number of ether oxygens (including phenoxy) is 2. The van der Waals surface area contributed by atoms with Crippen LogP contribution in [0.1, 0.15) is 11.3 Å². The maximum Gasteiger partial charge on any atom is 0.179 e. The third-order valence-electron chi connectivity index (χ3n) is 2.99. The van der Waals surface area contributed by atoms with Crippen LogP contribution in [0.5, 0.6) is 11.5 Å². The Hall–Kier alpha value is -1.79. The highest BCUT2D eigenvalue weighted by molar-refractivity contribution is 6.32. The largest absolute Gasteiger partial charge is 0.486 e. The fraction of sp³-hybridized carbons (Fsp3) is 0.385. The second-order valence-corrected chi connectivity index (χ2v) is 4.96. The topological polar surface area (TPSA) is 75.2 Å². The van der Waals surface area contributed by atoms with Crippen LogP contribution in [0.4, 0.5) is 0 Å². The van der Waals surface area contributed by atoms with Crippen molar-refractivity contribution in [2.45, 2.75) is 13.0 Å². The molecule has 3 rings (SSSR count). The minimum atomic E-state index is 0.525. The van der Waals surface area contributed by atoms with Crippen molar-refractivity contribution in [3.63, 3.8) is 0 Å². The molecule has 20 heavy (non-hydrogen) atoms. The lowest BCUT2D eigenvalue weighted by molar-refractivity contribution is 0.171. The molecule has 0 radical (unpaired) electrons. The third kappa shape index (κ3) is 2.71. The predicted molar refractivity (Wildman–Crippen MR) is 74.3 cm³/mol. The average Bonchev–Trinajstić information content (AvgIpc) is 2.87. The Morgan fingerprint density at radius 3 is 3.00 bits per heavy atom. The van der Waals surface area contributed by atoms with Crippen molar-refractivity contribution in [1.29, 1.82) is 0 Å². The fourth-order valence-electron chi connectivity index (χ4n) is 2.12. The zero-order chi connectivity index (χ0) is 13.9. The Balaban J connectivity index is 1.81. The summed E-state index contributed by atoms with van der Waals surface area (Å²) in [5.41, 5.74) is 7.37. The second-order valence-electron chi connectivity index (χ2n) is 4.55. The summed E-state index contributed by atoms with van der Waals surface area (Å²) in [5.74, 6) is 1.30. The first-order valence-corrected chi connectivity index (χ1v) is 6.81. The van der Waals surface area contributed by atoms with Gasteiger partial charge in [0.2, 0.25) is 0 Å². The van der Waals surface area contributed by atoms with Gasteiger partial charge in [-0.25, -0.2) is 4.68 Å². The number of nitrogens with two attached hydrogens (primary N) is 1. The second kappa shape index (κ2) is 5.68. The molecule has 0 fully saturated rings. The molecule has 2 aromatic rings. The average molecular weight is 295 g/mol. The standard InChI is InChI=1S/C13H15ClN4O2/c14-11-5-9(6-12-13(11)20-4-3-19-12)7-18-8-10(1-2-15)16-17-18/h5-6,8H,1-4,7,15H2. The van der Waals surface area contributed by atoms with Crippen LogP contribution in [0.15, 0.2) is 18.3 Å². The van der Waals surface area contributed by atoms with Crippen molar-refractivity contribution in [3.8, 4) is 11.5 Å². The first-order chi connectivity index (χ1) is 9.76. The maximum atomic E-state index is 6.20. The van der Waals surface area contributed by atoms with Gasteiger partial charge in [-0.2, -0.15) is 0 Å². The zero-order valence-corrected chi connectivity index (χ0v) is 11.6. The van der Waals surface area contributed by atoms with Crippen molar-refractivity contribution in [1.82, 2.24) is 15.0 Å². The molecule has 2 heterocycles. The van der Waals surface area contributed by atoms with Gasteiger partial charge in [-0.05, 0) is 24.2 Å². The van der Waals surface area contributed by atoms with Crippen LogP contribution in [0.25, 0.3) is 0 Å². The van der Waals surface area contributed by atoms with Crippen LogP contribution in [-0.2, 0) is 13.0 Å². The summed E-state index contributed by atoms with van der Waals surface area (Å²) in [6.07, 6.45) is 2.61. The molecular weight excluding hydrogens is 280 g/mol. The zero-order valence-electron chi connectivity index (χ0n) is 10.9. The summed E-state index contributed by atoms with van der Waals surface area (Å²) < 4.78 is 12.8. The van der Waals surface area contributed by atoms with E-state index in [2.05, 4.69) is 10.3 Å². The van der Waals surface area contributed by atoms with E-state index in [1.54, 1.807) is 4.68 Å². The Morgan fingerprint density at radius 1 is 1.30 bits per heavy atom. The Bertz CT molecular complexity index is 614. The van der Waals surface area contributed by atoms with Crippen molar-refractivity contribution in [2.24, 2.45) is 5.73 Å². The summed E-state index contributed by atoms with van der Waals surface area (Å²) in [6, 6.07) is 3.78. The van der Waals surface area contributed by atoms with E-state index >= 15 is 0 Å². The lowest BCUT2D eigenvalue weighted by Crippen LogP contribution is -2.16. The number of aromatic nitrogens is 3. The van der Waals surface area contributed by atoms with Crippen LogP contribution in [0.2, 0.25) is 5.02 Å². The number of rotatable bonds is 4. The minimum Gasteiger partial charge on any atom is -0.486 e. The summed E-state index contributed by atoms with van der Waals surface area (Å²) in [4.78, 5) is 0. The molecular formula is C13H15ClN4O2. The molecule has 1 aromatic heterocycles. The highest BCUT2D eigenvalue weighted by Crippen LogP contribution is 2.38. The van der Waals surface area contributed by atoms with E-state index < -0.39 is 0 Å². The van der Waals surface area contributed by atoms with Gasteiger partial charge >= 0.3 is 0 Å². The summed E-state index contributed by atoms with van der Waals surface area (Å²) >= 11 is 6.20. The molecule has 0 amide bonds. The van der Waals surface area contributed by atoms with Crippen LogP contribution in [0, 0.1) is 0 Å². The minimum absolute atomic E-state index is 0.525. The lowest BCUT2D eigenvalue weighted by Gasteiger charge is -2.20. The summed E-state index contributed by atoms with van der Waals surface area (Å²) in [6.45, 7) is 2.21. The lowest BCUT2D eigenvalue weighted by atomic mass is 10.2. The summed E-state index contributed by atoms with van der Waals surface area (Å²) in [5, 5.41) is 8.68. The predicted octanol–water partition coefficient (Wildman–Crippen LogP) is 1.25. The van der Waals surface area contributed by atoms with Crippen molar-refractivity contribution < 1.29 is 9.47 Å². The van der Waals surface area contributed by atoms with Gasteiger partial charge in [0, 0.05) is 12.6 Å². The molecule has 1 aliphatic heterocycles. The molecule has 2 N–H and O–H groups in total. The van der Waals surface area contributed by atoms with Gasteiger partial charge in [0.05, 0.1) is 17.3 Å². The van der Waals surface area contributed by atoms with Gasteiger partial charge in [0.15, 0.2) is 11.5 Å². The molecule has 106 valence electrons.